The molecule has 2 atom stereocenters. The molecule has 0 fully saturated rings. The molecule has 1 aliphatic rings. The van der Waals surface area contributed by atoms with Gasteiger partial charge in [0.2, 0.25) is 0 Å². The molecule has 0 spiro atoms. The van der Waals surface area contributed by atoms with Crippen molar-refractivity contribution in [2.45, 2.75) is 117 Å². The van der Waals surface area contributed by atoms with Crippen LogP contribution >= 0.6 is 0 Å². The van der Waals surface area contributed by atoms with Gasteiger partial charge in [-0.1, -0.05) is 73.6 Å². The Hall–Kier alpha value is -2.94. The van der Waals surface area contributed by atoms with E-state index in [9.17, 15) is 15.3 Å². The van der Waals surface area contributed by atoms with Gasteiger partial charge in [0, 0.05) is 5.92 Å². The average Bonchev–Trinajstić information content (AvgIpc) is 2.74. The van der Waals surface area contributed by atoms with Gasteiger partial charge < -0.3 is 15.3 Å². The largest absolute Gasteiger partial charge is 0.508 e. The first-order chi connectivity index (χ1) is 17.8. The average molecular weight is 529 g/mol. The molecule has 2 bridgehead atoms. The van der Waals surface area contributed by atoms with Crippen molar-refractivity contribution >= 4 is 0 Å². The highest BCUT2D eigenvalue weighted by molar-refractivity contribution is 5.55. The van der Waals surface area contributed by atoms with Crippen LogP contribution in [0.4, 0.5) is 0 Å². The Labute approximate surface area is 235 Å². The summed E-state index contributed by atoms with van der Waals surface area (Å²) in [6, 6.07) is 12.5. The molecule has 0 aliphatic heterocycles. The summed E-state index contributed by atoms with van der Waals surface area (Å²) in [6.45, 7) is 23.6. The molecular weight excluding hydrogens is 480 g/mol. The van der Waals surface area contributed by atoms with E-state index < -0.39 is 0 Å². The number of fused-ring (bicyclic) bond motifs is 2. The maximum Gasteiger partial charge on any atom is 0.119 e. The van der Waals surface area contributed by atoms with Crippen LogP contribution in [0.1, 0.15) is 130 Å². The third-order valence-corrected chi connectivity index (χ3v) is 8.97. The van der Waals surface area contributed by atoms with Gasteiger partial charge >= 0.3 is 0 Å². The van der Waals surface area contributed by atoms with E-state index in [4.69, 9.17) is 0 Å². The minimum atomic E-state index is -0.241. The zero-order valence-electron chi connectivity index (χ0n) is 25.9. The van der Waals surface area contributed by atoms with Crippen molar-refractivity contribution < 1.29 is 15.3 Å². The summed E-state index contributed by atoms with van der Waals surface area (Å²) in [5, 5.41) is 32.9. The predicted octanol–water partition coefficient (Wildman–Crippen LogP) is 9.31. The predicted molar refractivity (Wildman–Crippen MR) is 163 cm³/mol. The van der Waals surface area contributed by atoms with Crippen molar-refractivity contribution in [2.24, 2.45) is 0 Å². The van der Waals surface area contributed by atoms with Crippen LogP contribution in [0.25, 0.3) is 0 Å². The number of phenolic OH excluding ortho intramolecular Hbond substituents is 3. The zero-order chi connectivity index (χ0) is 29.2. The number of hydrogen-bond donors (Lipinski definition) is 3. The second kappa shape index (κ2) is 9.61. The lowest BCUT2D eigenvalue weighted by Gasteiger charge is -2.39. The highest BCUT2D eigenvalue weighted by Crippen LogP contribution is 2.51. The van der Waals surface area contributed by atoms with Gasteiger partial charge in [-0.2, -0.15) is 0 Å². The minimum absolute atomic E-state index is 0.0958. The van der Waals surface area contributed by atoms with Gasteiger partial charge in [-0.05, 0) is 124 Å². The molecule has 3 nitrogen and oxygen atoms in total. The summed E-state index contributed by atoms with van der Waals surface area (Å²) >= 11 is 0. The second-order valence-electron chi connectivity index (χ2n) is 14.8. The van der Waals surface area contributed by atoms with Gasteiger partial charge in [0.15, 0.2) is 0 Å². The Bertz CT molecular complexity index is 1410. The van der Waals surface area contributed by atoms with E-state index in [2.05, 4.69) is 94.4 Å². The van der Waals surface area contributed by atoms with E-state index in [-0.39, 0.29) is 28.1 Å². The molecule has 1 aliphatic carbocycles. The van der Waals surface area contributed by atoms with Crippen molar-refractivity contribution in [3.05, 3.63) is 86.5 Å². The van der Waals surface area contributed by atoms with Gasteiger partial charge in [0.25, 0.3) is 0 Å². The molecule has 0 aromatic heterocycles. The molecule has 3 N–H and O–H groups in total. The van der Waals surface area contributed by atoms with E-state index in [1.165, 1.54) is 16.7 Å². The fourth-order valence-corrected chi connectivity index (χ4v) is 6.81. The van der Waals surface area contributed by atoms with Crippen molar-refractivity contribution in [3.8, 4) is 17.2 Å². The number of aromatic hydroxyl groups is 3. The lowest BCUT2D eigenvalue weighted by molar-refractivity contribution is 0.368. The van der Waals surface area contributed by atoms with Crippen molar-refractivity contribution in [1.29, 1.82) is 0 Å². The molecule has 4 rings (SSSR count). The zero-order valence-corrected chi connectivity index (χ0v) is 25.9. The van der Waals surface area contributed by atoms with Crippen molar-refractivity contribution in [1.82, 2.24) is 0 Å². The van der Waals surface area contributed by atoms with Crippen LogP contribution in [0, 0.1) is 20.8 Å². The van der Waals surface area contributed by atoms with Crippen LogP contribution in [-0.2, 0) is 16.2 Å². The highest BCUT2D eigenvalue weighted by atomic mass is 16.3. The smallest absolute Gasteiger partial charge is 0.119 e. The van der Waals surface area contributed by atoms with Crippen LogP contribution in [0.3, 0.4) is 0 Å². The highest BCUT2D eigenvalue weighted by Gasteiger charge is 2.37. The molecule has 3 heteroatoms. The van der Waals surface area contributed by atoms with Crippen LogP contribution in [0.5, 0.6) is 17.2 Å². The van der Waals surface area contributed by atoms with Crippen LogP contribution in [0.2, 0.25) is 0 Å². The topological polar surface area (TPSA) is 60.7 Å². The number of aryl methyl sites for hydroxylation is 3. The summed E-state index contributed by atoms with van der Waals surface area (Å²) in [5.41, 5.74) is 9.29. The number of rotatable bonds is 2. The summed E-state index contributed by atoms with van der Waals surface area (Å²) in [6.07, 6.45) is 1.77. The first-order valence-electron chi connectivity index (χ1n) is 14.3. The van der Waals surface area contributed by atoms with Crippen molar-refractivity contribution in [3.63, 3.8) is 0 Å². The van der Waals surface area contributed by atoms with Crippen LogP contribution in [-0.4, -0.2) is 15.3 Å². The SMILES string of the molecule is Cc1cc(O)c(C(C)(C)C)cc1C1CC(c2cc(C(C)(C)C)c(O)cc2C)c2cc(c(O)cc2C)C(C)(C)C1. The van der Waals surface area contributed by atoms with Gasteiger partial charge in [0.05, 0.1) is 0 Å². The molecule has 2 unspecified atom stereocenters. The molecule has 0 radical (unpaired) electrons. The van der Waals surface area contributed by atoms with Gasteiger partial charge in [-0.25, -0.2) is 0 Å². The fourth-order valence-electron chi connectivity index (χ4n) is 6.81. The van der Waals surface area contributed by atoms with Gasteiger partial charge in [0.1, 0.15) is 17.2 Å². The molecule has 3 aromatic carbocycles. The molecule has 0 amide bonds. The molecule has 210 valence electrons. The third kappa shape index (κ3) is 5.42. The molecule has 0 saturated heterocycles. The van der Waals surface area contributed by atoms with Crippen LogP contribution < -0.4 is 0 Å². The maximum atomic E-state index is 11.1. The van der Waals surface area contributed by atoms with E-state index in [1.54, 1.807) is 0 Å². The lowest BCUT2D eigenvalue weighted by atomic mass is 9.66. The molecule has 0 heterocycles. The number of benzene rings is 3. The van der Waals surface area contributed by atoms with Crippen LogP contribution in [0.15, 0.2) is 36.4 Å². The van der Waals surface area contributed by atoms with Gasteiger partial charge in [-0.3, -0.25) is 0 Å². The Kier molecular flexibility index (Phi) is 7.16. The molecule has 39 heavy (non-hydrogen) atoms. The summed E-state index contributed by atoms with van der Waals surface area (Å²) < 4.78 is 0. The fraction of sp³-hybridized carbons (Fsp3) is 0.500. The summed E-state index contributed by atoms with van der Waals surface area (Å²) in [5.74, 6) is 1.36. The minimum Gasteiger partial charge on any atom is -0.508 e. The number of phenols is 3. The molecule has 3 aromatic rings. The monoisotopic (exact) mass is 528 g/mol. The Morgan fingerprint density at radius 2 is 1.03 bits per heavy atom. The second-order valence-corrected chi connectivity index (χ2v) is 14.8. The van der Waals surface area contributed by atoms with Gasteiger partial charge in [-0.15, -0.1) is 0 Å². The van der Waals surface area contributed by atoms with Crippen molar-refractivity contribution in [2.75, 3.05) is 0 Å². The van der Waals surface area contributed by atoms with E-state index in [0.29, 0.717) is 17.2 Å². The summed E-state index contributed by atoms with van der Waals surface area (Å²) in [7, 11) is 0. The first kappa shape index (κ1) is 29.1. The molecular formula is C36H48O3. The Balaban J connectivity index is 2.01. The Morgan fingerprint density at radius 3 is 1.51 bits per heavy atom. The quantitative estimate of drug-likeness (QED) is 0.310. The third-order valence-electron chi connectivity index (χ3n) is 8.97. The normalized spacial score (nSPS) is 19.5. The van der Waals surface area contributed by atoms with E-state index in [1.807, 2.05) is 18.2 Å². The van der Waals surface area contributed by atoms with E-state index in [0.717, 1.165) is 46.2 Å². The van der Waals surface area contributed by atoms with E-state index >= 15 is 0 Å². The Morgan fingerprint density at radius 1 is 0.615 bits per heavy atom. The lowest BCUT2D eigenvalue weighted by Crippen LogP contribution is -2.26. The standard InChI is InChI=1S/C36H48O3/c1-20-12-31(37)28(34(4,5)6)16-24(20)23-15-27(25-17-29(35(7,8)9)32(38)13-21(25)2)26-18-30(36(10,11)19-23)33(39)14-22(26)3/h12-14,16-18,23,27,37-39H,15,19H2,1-11H3. The first-order valence-corrected chi connectivity index (χ1v) is 14.3. The molecule has 0 saturated carbocycles. The number of hydrogen-bond acceptors (Lipinski definition) is 3. The summed E-state index contributed by atoms with van der Waals surface area (Å²) in [4.78, 5) is 0. The maximum absolute atomic E-state index is 11.1.